The van der Waals surface area contributed by atoms with Gasteiger partial charge in [0.05, 0.1) is 16.7 Å². The van der Waals surface area contributed by atoms with Crippen LogP contribution in [-0.2, 0) is 13.5 Å². The molecule has 0 aliphatic rings. The Bertz CT molecular complexity index is 435. The molecule has 17 heavy (non-hydrogen) atoms. The second-order valence-electron chi connectivity index (χ2n) is 4.02. The first kappa shape index (κ1) is 12.3. The number of thiazole rings is 1. The van der Waals surface area contributed by atoms with Crippen molar-refractivity contribution in [3.8, 4) is 0 Å². The molecule has 0 saturated carbocycles. The minimum atomic E-state index is 0.300. The van der Waals surface area contributed by atoms with Crippen molar-refractivity contribution in [1.82, 2.24) is 20.1 Å². The predicted molar refractivity (Wildman–Crippen MR) is 70.1 cm³/mol. The molecule has 0 radical (unpaired) electrons. The summed E-state index contributed by atoms with van der Waals surface area (Å²) in [5.41, 5.74) is 1.22. The first-order chi connectivity index (χ1) is 8.31. The van der Waals surface area contributed by atoms with Crippen LogP contribution in [0.1, 0.15) is 30.1 Å². The SMILES string of the molecule is CCCNC(Cc1nccs1)c1ccnn1C. The van der Waals surface area contributed by atoms with E-state index in [-0.39, 0.29) is 0 Å². The molecule has 2 rings (SSSR count). The van der Waals surface area contributed by atoms with Crippen LogP contribution >= 0.6 is 11.3 Å². The summed E-state index contributed by atoms with van der Waals surface area (Å²) in [6.45, 7) is 3.19. The lowest BCUT2D eigenvalue weighted by Crippen LogP contribution is -2.26. The molecule has 0 aliphatic heterocycles. The van der Waals surface area contributed by atoms with Gasteiger partial charge in [0, 0.05) is 31.2 Å². The highest BCUT2D eigenvalue weighted by molar-refractivity contribution is 7.09. The predicted octanol–water partition coefficient (Wildman–Crippen LogP) is 2.16. The van der Waals surface area contributed by atoms with Crippen molar-refractivity contribution >= 4 is 11.3 Å². The molecule has 2 aromatic rings. The van der Waals surface area contributed by atoms with Crippen molar-refractivity contribution in [2.75, 3.05) is 6.54 Å². The quantitative estimate of drug-likeness (QED) is 0.854. The zero-order valence-corrected chi connectivity index (χ0v) is 11.1. The Morgan fingerprint density at radius 3 is 2.94 bits per heavy atom. The minimum Gasteiger partial charge on any atom is -0.308 e. The summed E-state index contributed by atoms with van der Waals surface area (Å²) >= 11 is 1.71. The van der Waals surface area contributed by atoms with Gasteiger partial charge in [-0.3, -0.25) is 4.68 Å². The Labute approximate surface area is 106 Å². The van der Waals surface area contributed by atoms with E-state index < -0.39 is 0 Å². The van der Waals surface area contributed by atoms with E-state index in [1.165, 1.54) is 10.7 Å². The summed E-state index contributed by atoms with van der Waals surface area (Å²) in [6.07, 6.45) is 5.77. The third-order valence-electron chi connectivity index (χ3n) is 2.72. The molecule has 4 nitrogen and oxygen atoms in total. The van der Waals surface area contributed by atoms with Gasteiger partial charge in [0.15, 0.2) is 0 Å². The molecular formula is C12H18N4S. The zero-order valence-electron chi connectivity index (χ0n) is 10.3. The maximum atomic E-state index is 4.35. The topological polar surface area (TPSA) is 42.7 Å². The van der Waals surface area contributed by atoms with Crippen molar-refractivity contribution in [3.63, 3.8) is 0 Å². The van der Waals surface area contributed by atoms with Crippen LogP contribution in [0.4, 0.5) is 0 Å². The highest BCUT2D eigenvalue weighted by Crippen LogP contribution is 2.19. The standard InChI is InChI=1S/C12H18N4S/c1-3-5-13-10(9-12-14-7-8-17-12)11-4-6-15-16(11)2/h4,6-8,10,13H,3,5,9H2,1-2H3. The summed E-state index contributed by atoms with van der Waals surface area (Å²) in [6, 6.07) is 2.37. The molecule has 0 spiro atoms. The van der Waals surface area contributed by atoms with E-state index >= 15 is 0 Å². The molecule has 0 saturated heterocycles. The summed E-state index contributed by atoms with van der Waals surface area (Å²) < 4.78 is 1.93. The van der Waals surface area contributed by atoms with E-state index in [4.69, 9.17) is 0 Å². The van der Waals surface area contributed by atoms with Crippen LogP contribution in [0.3, 0.4) is 0 Å². The van der Waals surface area contributed by atoms with Crippen molar-refractivity contribution in [1.29, 1.82) is 0 Å². The van der Waals surface area contributed by atoms with Crippen LogP contribution in [-0.4, -0.2) is 21.3 Å². The molecule has 0 aliphatic carbocycles. The molecular weight excluding hydrogens is 232 g/mol. The lowest BCUT2D eigenvalue weighted by atomic mass is 10.1. The largest absolute Gasteiger partial charge is 0.308 e. The minimum absolute atomic E-state index is 0.300. The Morgan fingerprint density at radius 2 is 2.35 bits per heavy atom. The van der Waals surface area contributed by atoms with Crippen LogP contribution in [0.2, 0.25) is 0 Å². The molecule has 0 amide bonds. The molecule has 0 bridgehead atoms. The third-order valence-corrected chi connectivity index (χ3v) is 3.52. The van der Waals surface area contributed by atoms with Crippen LogP contribution in [0.15, 0.2) is 23.8 Å². The van der Waals surface area contributed by atoms with Crippen molar-refractivity contribution in [3.05, 3.63) is 34.5 Å². The number of rotatable bonds is 6. The van der Waals surface area contributed by atoms with E-state index in [0.29, 0.717) is 6.04 Å². The van der Waals surface area contributed by atoms with Crippen LogP contribution < -0.4 is 5.32 Å². The summed E-state index contributed by atoms with van der Waals surface area (Å²) in [7, 11) is 1.98. The van der Waals surface area contributed by atoms with Crippen molar-refractivity contribution < 1.29 is 0 Å². The molecule has 1 N–H and O–H groups in total. The van der Waals surface area contributed by atoms with Crippen LogP contribution in [0, 0.1) is 0 Å². The number of nitrogens with one attached hydrogen (secondary N) is 1. The average molecular weight is 250 g/mol. The van der Waals surface area contributed by atoms with Crippen LogP contribution in [0.25, 0.3) is 0 Å². The first-order valence-electron chi connectivity index (χ1n) is 5.91. The van der Waals surface area contributed by atoms with Crippen molar-refractivity contribution in [2.24, 2.45) is 7.05 Å². The summed E-state index contributed by atoms with van der Waals surface area (Å²) in [4.78, 5) is 4.35. The Morgan fingerprint density at radius 1 is 1.47 bits per heavy atom. The van der Waals surface area contributed by atoms with Crippen molar-refractivity contribution in [2.45, 2.75) is 25.8 Å². The summed E-state index contributed by atoms with van der Waals surface area (Å²) in [5.74, 6) is 0. The van der Waals surface area contributed by atoms with Gasteiger partial charge in [0.1, 0.15) is 0 Å². The highest BCUT2D eigenvalue weighted by atomic mass is 32.1. The van der Waals surface area contributed by atoms with E-state index in [9.17, 15) is 0 Å². The fourth-order valence-electron chi connectivity index (χ4n) is 1.85. The Kier molecular flexibility index (Phi) is 4.28. The number of aryl methyl sites for hydroxylation is 1. The van der Waals surface area contributed by atoms with Gasteiger partial charge in [-0.25, -0.2) is 4.98 Å². The normalized spacial score (nSPS) is 12.8. The lowest BCUT2D eigenvalue weighted by molar-refractivity contribution is 0.492. The van der Waals surface area contributed by atoms with Gasteiger partial charge in [0.25, 0.3) is 0 Å². The molecule has 92 valence electrons. The van der Waals surface area contributed by atoms with Crippen LogP contribution in [0.5, 0.6) is 0 Å². The lowest BCUT2D eigenvalue weighted by Gasteiger charge is -2.17. The molecule has 0 aromatic carbocycles. The van der Waals surface area contributed by atoms with E-state index in [1.54, 1.807) is 11.3 Å². The fraction of sp³-hybridized carbons (Fsp3) is 0.500. The molecule has 1 atom stereocenters. The Hall–Kier alpha value is -1.20. The number of aromatic nitrogens is 3. The first-order valence-corrected chi connectivity index (χ1v) is 6.79. The van der Waals surface area contributed by atoms with E-state index in [1.807, 2.05) is 29.5 Å². The highest BCUT2D eigenvalue weighted by Gasteiger charge is 2.15. The van der Waals surface area contributed by atoms with Gasteiger partial charge in [-0.1, -0.05) is 6.92 Å². The number of hydrogen-bond acceptors (Lipinski definition) is 4. The molecule has 0 fully saturated rings. The van der Waals surface area contributed by atoms with E-state index in [0.717, 1.165) is 19.4 Å². The number of hydrogen-bond donors (Lipinski definition) is 1. The van der Waals surface area contributed by atoms with Gasteiger partial charge >= 0.3 is 0 Å². The Balaban J connectivity index is 2.11. The fourth-order valence-corrected chi connectivity index (χ4v) is 2.52. The molecule has 2 heterocycles. The van der Waals surface area contributed by atoms with Gasteiger partial charge in [-0.05, 0) is 19.0 Å². The van der Waals surface area contributed by atoms with E-state index in [2.05, 4.69) is 28.4 Å². The maximum Gasteiger partial charge on any atom is 0.0944 e. The monoisotopic (exact) mass is 250 g/mol. The molecule has 1 unspecified atom stereocenters. The van der Waals surface area contributed by atoms with Gasteiger partial charge in [-0.2, -0.15) is 5.10 Å². The zero-order chi connectivity index (χ0) is 12.1. The average Bonchev–Trinajstić information content (AvgIpc) is 2.95. The smallest absolute Gasteiger partial charge is 0.0944 e. The van der Waals surface area contributed by atoms with Gasteiger partial charge < -0.3 is 5.32 Å². The molecule has 2 aromatic heterocycles. The maximum absolute atomic E-state index is 4.35. The second kappa shape index (κ2) is 5.93. The second-order valence-corrected chi connectivity index (χ2v) is 5.00. The van der Waals surface area contributed by atoms with Gasteiger partial charge in [0.2, 0.25) is 0 Å². The number of nitrogens with zero attached hydrogens (tertiary/aromatic N) is 3. The third kappa shape index (κ3) is 3.14. The summed E-state index contributed by atoms with van der Waals surface area (Å²) in [5, 5.41) is 11.0. The molecule has 5 heteroatoms. The van der Waals surface area contributed by atoms with Gasteiger partial charge in [-0.15, -0.1) is 11.3 Å².